The first-order valence-corrected chi connectivity index (χ1v) is 10.5. The van der Waals surface area contributed by atoms with E-state index in [9.17, 15) is 14.4 Å². The molecule has 0 N–H and O–H groups in total. The van der Waals surface area contributed by atoms with Crippen LogP contribution in [0.15, 0.2) is 46.9 Å². The number of imide groups is 1. The highest BCUT2D eigenvalue weighted by molar-refractivity contribution is 9.10. The Labute approximate surface area is 182 Å². The molecule has 156 valence electrons. The van der Waals surface area contributed by atoms with Gasteiger partial charge in [-0.3, -0.25) is 19.4 Å². The molecule has 2 saturated heterocycles. The molecule has 0 radical (unpaired) electrons. The minimum Gasteiger partial charge on any atom is -0.495 e. The van der Waals surface area contributed by atoms with E-state index in [0.717, 1.165) is 15.6 Å². The van der Waals surface area contributed by atoms with Crippen LogP contribution in [-0.2, 0) is 20.9 Å². The van der Waals surface area contributed by atoms with E-state index < -0.39 is 12.2 Å². The van der Waals surface area contributed by atoms with Crippen molar-refractivity contribution in [1.82, 2.24) is 4.90 Å². The zero-order valence-electron chi connectivity index (χ0n) is 16.5. The van der Waals surface area contributed by atoms with Crippen LogP contribution in [0.2, 0.25) is 0 Å². The number of amides is 3. The van der Waals surface area contributed by atoms with Crippen LogP contribution < -0.4 is 9.64 Å². The SMILES string of the molecule is COc1ccc(CN2C(=O)CCCC2=O)cc1N1C[C@H](c2ccc(Br)cc2)OC1=O. The van der Waals surface area contributed by atoms with Gasteiger partial charge in [-0.05, 0) is 41.8 Å². The molecule has 4 rings (SSSR count). The zero-order valence-corrected chi connectivity index (χ0v) is 18.1. The number of methoxy groups -OCH3 is 1. The molecule has 1 atom stereocenters. The molecular weight excluding hydrogens is 452 g/mol. The van der Waals surface area contributed by atoms with Crippen LogP contribution in [-0.4, -0.2) is 36.5 Å². The second-order valence-electron chi connectivity index (χ2n) is 7.27. The molecule has 30 heavy (non-hydrogen) atoms. The van der Waals surface area contributed by atoms with E-state index in [1.165, 1.54) is 16.9 Å². The van der Waals surface area contributed by atoms with Crippen molar-refractivity contribution in [2.45, 2.75) is 31.9 Å². The van der Waals surface area contributed by atoms with E-state index in [1.807, 2.05) is 24.3 Å². The summed E-state index contributed by atoms with van der Waals surface area (Å²) in [5.41, 5.74) is 2.19. The Kier molecular flexibility index (Phi) is 5.76. The monoisotopic (exact) mass is 472 g/mol. The fourth-order valence-electron chi connectivity index (χ4n) is 3.71. The molecule has 2 aromatic carbocycles. The maximum Gasteiger partial charge on any atom is 0.415 e. The van der Waals surface area contributed by atoms with E-state index in [4.69, 9.17) is 9.47 Å². The molecule has 2 fully saturated rings. The van der Waals surface area contributed by atoms with Gasteiger partial charge in [-0.1, -0.05) is 34.1 Å². The van der Waals surface area contributed by atoms with Gasteiger partial charge in [0.25, 0.3) is 0 Å². The van der Waals surface area contributed by atoms with Gasteiger partial charge < -0.3 is 9.47 Å². The summed E-state index contributed by atoms with van der Waals surface area (Å²) in [5, 5.41) is 0. The van der Waals surface area contributed by atoms with Crippen molar-refractivity contribution in [3.63, 3.8) is 0 Å². The summed E-state index contributed by atoms with van der Waals surface area (Å²) in [7, 11) is 1.53. The molecule has 2 heterocycles. The smallest absolute Gasteiger partial charge is 0.415 e. The van der Waals surface area contributed by atoms with Crippen LogP contribution in [0.1, 0.15) is 36.5 Å². The highest BCUT2D eigenvalue weighted by Crippen LogP contribution is 2.37. The van der Waals surface area contributed by atoms with Crippen molar-refractivity contribution in [3.8, 4) is 5.75 Å². The van der Waals surface area contributed by atoms with Crippen molar-refractivity contribution in [1.29, 1.82) is 0 Å². The lowest BCUT2D eigenvalue weighted by atomic mass is 10.1. The number of hydrogen-bond acceptors (Lipinski definition) is 5. The first-order valence-electron chi connectivity index (χ1n) is 9.70. The Morgan fingerprint density at radius 1 is 1.07 bits per heavy atom. The van der Waals surface area contributed by atoms with E-state index in [-0.39, 0.29) is 18.4 Å². The minimum absolute atomic E-state index is 0.167. The fraction of sp³-hybridized carbons (Fsp3) is 0.318. The third kappa shape index (κ3) is 4.05. The lowest BCUT2D eigenvalue weighted by Gasteiger charge is -2.25. The largest absolute Gasteiger partial charge is 0.495 e. The summed E-state index contributed by atoms with van der Waals surface area (Å²) in [4.78, 5) is 39.7. The molecule has 0 aliphatic carbocycles. The summed E-state index contributed by atoms with van der Waals surface area (Å²) < 4.78 is 12.0. The van der Waals surface area contributed by atoms with Crippen LogP contribution in [0, 0.1) is 0 Å². The Hall–Kier alpha value is -2.87. The van der Waals surface area contributed by atoms with Crippen LogP contribution in [0.5, 0.6) is 5.75 Å². The molecule has 0 spiro atoms. The quantitative estimate of drug-likeness (QED) is 0.609. The third-order valence-corrected chi connectivity index (χ3v) is 5.84. The minimum atomic E-state index is -0.469. The van der Waals surface area contributed by atoms with E-state index >= 15 is 0 Å². The number of cyclic esters (lactones) is 1. The highest BCUT2D eigenvalue weighted by atomic mass is 79.9. The van der Waals surface area contributed by atoms with Gasteiger partial charge in [0.05, 0.1) is 25.9 Å². The number of likely N-dealkylation sites (tertiary alicyclic amines) is 1. The number of hydrogen-bond donors (Lipinski definition) is 0. The first kappa shape index (κ1) is 20.4. The molecule has 8 heteroatoms. The number of piperidine rings is 1. The van der Waals surface area contributed by atoms with Crippen LogP contribution in [0.3, 0.4) is 0 Å². The van der Waals surface area contributed by atoms with Gasteiger partial charge >= 0.3 is 6.09 Å². The number of ether oxygens (including phenoxy) is 2. The number of benzene rings is 2. The molecule has 0 saturated carbocycles. The molecule has 2 aromatic rings. The normalized spacial score (nSPS) is 19.3. The Bertz CT molecular complexity index is 976. The van der Waals surface area contributed by atoms with E-state index in [2.05, 4.69) is 15.9 Å². The van der Waals surface area contributed by atoms with Gasteiger partial charge in [0.2, 0.25) is 11.8 Å². The molecular formula is C22H21BrN2O5. The van der Waals surface area contributed by atoms with Gasteiger partial charge in [-0.25, -0.2) is 4.79 Å². The third-order valence-electron chi connectivity index (χ3n) is 5.31. The number of carbonyl (C=O) groups is 3. The number of carbonyl (C=O) groups excluding carboxylic acids is 3. The predicted molar refractivity (Wildman–Crippen MR) is 113 cm³/mol. The number of halogens is 1. The van der Waals surface area contributed by atoms with Crippen LogP contribution in [0.4, 0.5) is 10.5 Å². The zero-order chi connectivity index (χ0) is 21.3. The Balaban J connectivity index is 1.59. The van der Waals surface area contributed by atoms with Gasteiger partial charge in [0.15, 0.2) is 0 Å². The van der Waals surface area contributed by atoms with Crippen molar-refractivity contribution >= 4 is 39.5 Å². The second-order valence-corrected chi connectivity index (χ2v) is 8.18. The van der Waals surface area contributed by atoms with E-state index in [0.29, 0.717) is 37.2 Å². The molecule has 2 aliphatic heterocycles. The van der Waals surface area contributed by atoms with Gasteiger partial charge in [-0.15, -0.1) is 0 Å². The number of rotatable bonds is 5. The maximum atomic E-state index is 12.6. The van der Waals surface area contributed by atoms with Crippen LogP contribution in [0.25, 0.3) is 0 Å². The van der Waals surface area contributed by atoms with Gasteiger partial charge in [-0.2, -0.15) is 0 Å². The van der Waals surface area contributed by atoms with Gasteiger partial charge in [0.1, 0.15) is 11.9 Å². The van der Waals surface area contributed by atoms with Crippen molar-refractivity contribution < 1.29 is 23.9 Å². The Morgan fingerprint density at radius 3 is 2.43 bits per heavy atom. The molecule has 0 bridgehead atoms. The van der Waals surface area contributed by atoms with Crippen LogP contribution >= 0.6 is 15.9 Å². The van der Waals surface area contributed by atoms with E-state index in [1.54, 1.807) is 18.2 Å². The topological polar surface area (TPSA) is 76.2 Å². The number of anilines is 1. The fourth-order valence-corrected chi connectivity index (χ4v) is 3.98. The lowest BCUT2D eigenvalue weighted by molar-refractivity contribution is -0.148. The summed E-state index contributed by atoms with van der Waals surface area (Å²) in [6, 6.07) is 12.9. The van der Waals surface area contributed by atoms with Gasteiger partial charge in [0, 0.05) is 17.3 Å². The van der Waals surface area contributed by atoms with Crippen molar-refractivity contribution in [3.05, 3.63) is 58.1 Å². The molecule has 7 nitrogen and oxygen atoms in total. The summed E-state index contributed by atoms with van der Waals surface area (Å²) in [5.74, 6) is 0.183. The Morgan fingerprint density at radius 2 is 1.77 bits per heavy atom. The summed E-state index contributed by atoms with van der Waals surface area (Å²) in [6.45, 7) is 0.509. The predicted octanol–water partition coefficient (Wildman–Crippen LogP) is 4.19. The summed E-state index contributed by atoms with van der Waals surface area (Å²) in [6.07, 6.45) is 0.483. The average molecular weight is 473 g/mol. The number of nitrogens with zero attached hydrogens (tertiary/aromatic N) is 2. The maximum absolute atomic E-state index is 12.6. The highest BCUT2D eigenvalue weighted by Gasteiger charge is 2.35. The molecule has 0 aromatic heterocycles. The molecule has 3 amide bonds. The standard InChI is InChI=1S/C22H21BrN2O5/c1-29-18-10-5-14(12-25-20(26)3-2-4-21(25)27)11-17(18)24-13-19(30-22(24)28)15-6-8-16(23)9-7-15/h5-11,19H,2-4,12-13H2,1H3/t19-/m1/s1. The first-order chi connectivity index (χ1) is 14.5. The van der Waals surface area contributed by atoms with Crippen molar-refractivity contribution in [2.75, 3.05) is 18.6 Å². The average Bonchev–Trinajstić information content (AvgIpc) is 3.12. The lowest BCUT2D eigenvalue weighted by Crippen LogP contribution is -2.39. The second kappa shape index (κ2) is 8.47. The summed E-state index contributed by atoms with van der Waals surface area (Å²) >= 11 is 3.40. The molecule has 2 aliphatic rings. The van der Waals surface area contributed by atoms with Crippen molar-refractivity contribution in [2.24, 2.45) is 0 Å². The molecule has 0 unspecified atom stereocenters.